The fraction of sp³-hybridized carbons (Fsp3) is 0.231. The van der Waals surface area contributed by atoms with Crippen LogP contribution >= 0.6 is 0 Å². The molecule has 0 atom stereocenters. The number of carbonyl (C=O) groups is 1. The normalized spacial score (nSPS) is 10.6. The summed E-state index contributed by atoms with van der Waals surface area (Å²) < 4.78 is 27.9. The van der Waals surface area contributed by atoms with E-state index in [2.05, 4.69) is 10.4 Å². The topological polar surface area (TPSA) is 72.9 Å². The van der Waals surface area contributed by atoms with Gasteiger partial charge >= 0.3 is 0 Å². The smallest absolute Gasteiger partial charge is 0.274 e. The van der Waals surface area contributed by atoms with E-state index in [-0.39, 0.29) is 17.1 Å². The van der Waals surface area contributed by atoms with Crippen molar-refractivity contribution in [1.82, 2.24) is 9.78 Å². The van der Waals surface area contributed by atoms with Crippen LogP contribution in [0.1, 0.15) is 23.1 Å². The molecule has 3 N–H and O–H groups in total. The predicted molar refractivity (Wildman–Crippen MR) is 71.3 cm³/mol. The fourth-order valence-corrected chi connectivity index (χ4v) is 1.81. The van der Waals surface area contributed by atoms with Gasteiger partial charge < -0.3 is 11.1 Å². The second-order valence-electron chi connectivity index (χ2n) is 4.30. The van der Waals surface area contributed by atoms with Crippen molar-refractivity contribution in [3.05, 3.63) is 41.2 Å². The summed E-state index contributed by atoms with van der Waals surface area (Å²) in [6, 6.07) is 3.21. The monoisotopic (exact) mass is 280 g/mol. The van der Waals surface area contributed by atoms with E-state index in [1.165, 1.54) is 4.68 Å². The first-order chi connectivity index (χ1) is 9.42. The van der Waals surface area contributed by atoms with Gasteiger partial charge in [0.05, 0.1) is 11.4 Å². The Bertz CT molecular complexity index is 643. The van der Waals surface area contributed by atoms with Gasteiger partial charge in [0.1, 0.15) is 17.2 Å². The molecular formula is C13H14F2N4O. The molecule has 7 heteroatoms. The molecule has 106 valence electrons. The minimum absolute atomic E-state index is 0.172. The first-order valence-electron chi connectivity index (χ1n) is 6.01. The zero-order valence-electron chi connectivity index (χ0n) is 11.1. The molecule has 0 saturated carbocycles. The lowest BCUT2D eigenvalue weighted by atomic mass is 10.2. The van der Waals surface area contributed by atoms with Gasteiger partial charge in [-0.05, 0) is 18.6 Å². The number of nitrogens with zero attached hydrogens (tertiary/aromatic N) is 2. The van der Waals surface area contributed by atoms with E-state index >= 15 is 0 Å². The number of aromatic nitrogens is 2. The molecule has 0 radical (unpaired) electrons. The Morgan fingerprint density at radius 1 is 1.40 bits per heavy atom. The lowest BCUT2D eigenvalue weighted by molar-refractivity contribution is 0.101. The molecule has 1 aromatic heterocycles. The standard InChI is InChI=1S/C13H14F2N4O/c1-3-8-6-11(19(2)18-8)13(20)17-12-9(15)4-7(14)5-10(12)16/h4-6H,3,16H2,1-2H3,(H,17,20). The maximum Gasteiger partial charge on any atom is 0.274 e. The molecule has 0 saturated heterocycles. The SMILES string of the molecule is CCc1cc(C(=O)Nc2c(N)cc(F)cc2F)n(C)n1. The van der Waals surface area contributed by atoms with Crippen molar-refractivity contribution >= 4 is 17.3 Å². The van der Waals surface area contributed by atoms with Crippen LogP contribution in [0, 0.1) is 11.6 Å². The number of hydrogen-bond donors (Lipinski definition) is 2. The average molecular weight is 280 g/mol. The van der Waals surface area contributed by atoms with Crippen LogP contribution in [0.15, 0.2) is 18.2 Å². The summed E-state index contributed by atoms with van der Waals surface area (Å²) in [5.41, 5.74) is 6.10. The second kappa shape index (κ2) is 5.28. The molecule has 0 spiro atoms. The summed E-state index contributed by atoms with van der Waals surface area (Å²) in [4.78, 5) is 12.1. The van der Waals surface area contributed by atoms with Crippen LogP contribution in [0.2, 0.25) is 0 Å². The number of rotatable bonds is 3. The number of nitrogens with two attached hydrogens (primary N) is 1. The molecule has 0 bridgehead atoms. The highest BCUT2D eigenvalue weighted by Crippen LogP contribution is 2.24. The van der Waals surface area contributed by atoms with Gasteiger partial charge in [0, 0.05) is 13.1 Å². The maximum absolute atomic E-state index is 13.6. The molecule has 0 aliphatic carbocycles. The molecule has 1 amide bonds. The van der Waals surface area contributed by atoms with Crippen LogP contribution in [-0.4, -0.2) is 15.7 Å². The highest BCUT2D eigenvalue weighted by Gasteiger charge is 2.17. The quantitative estimate of drug-likeness (QED) is 0.846. The van der Waals surface area contributed by atoms with Crippen molar-refractivity contribution in [2.45, 2.75) is 13.3 Å². The number of amides is 1. The van der Waals surface area contributed by atoms with Gasteiger partial charge in [-0.2, -0.15) is 5.10 Å². The van der Waals surface area contributed by atoms with Crippen molar-refractivity contribution in [3.63, 3.8) is 0 Å². The Balaban J connectivity index is 2.30. The Hall–Kier alpha value is -2.44. The summed E-state index contributed by atoms with van der Waals surface area (Å²) in [6.45, 7) is 1.90. The highest BCUT2D eigenvalue weighted by molar-refractivity contribution is 6.04. The van der Waals surface area contributed by atoms with Crippen LogP contribution in [-0.2, 0) is 13.5 Å². The Morgan fingerprint density at radius 2 is 2.10 bits per heavy atom. The number of nitrogen functional groups attached to an aromatic ring is 1. The maximum atomic E-state index is 13.6. The first-order valence-corrected chi connectivity index (χ1v) is 6.01. The summed E-state index contributed by atoms with van der Waals surface area (Å²) in [5, 5.41) is 6.46. The number of benzene rings is 1. The summed E-state index contributed by atoms with van der Waals surface area (Å²) in [6.07, 6.45) is 0.675. The molecule has 2 rings (SSSR count). The van der Waals surface area contributed by atoms with E-state index in [9.17, 15) is 13.6 Å². The van der Waals surface area contributed by atoms with Crippen LogP contribution in [0.3, 0.4) is 0 Å². The first kappa shape index (κ1) is 14.0. The highest BCUT2D eigenvalue weighted by atomic mass is 19.1. The van der Waals surface area contributed by atoms with E-state index in [0.29, 0.717) is 12.5 Å². The number of halogens is 2. The summed E-state index contributed by atoms with van der Waals surface area (Å²) in [7, 11) is 1.61. The minimum atomic E-state index is -0.922. The lowest BCUT2D eigenvalue weighted by Crippen LogP contribution is -2.18. The van der Waals surface area contributed by atoms with Gasteiger partial charge in [-0.3, -0.25) is 9.48 Å². The average Bonchev–Trinajstić information content (AvgIpc) is 2.75. The van der Waals surface area contributed by atoms with E-state index in [1.807, 2.05) is 6.92 Å². The van der Waals surface area contributed by atoms with E-state index in [1.54, 1.807) is 13.1 Å². The molecule has 5 nitrogen and oxygen atoms in total. The van der Waals surface area contributed by atoms with Gasteiger partial charge in [-0.15, -0.1) is 0 Å². The zero-order valence-corrected chi connectivity index (χ0v) is 11.1. The van der Waals surface area contributed by atoms with Gasteiger partial charge in [-0.25, -0.2) is 8.78 Å². The predicted octanol–water partition coefficient (Wildman–Crippen LogP) is 2.10. The number of aryl methyl sites for hydroxylation is 2. The number of carbonyl (C=O) groups excluding carboxylic acids is 1. The fourth-order valence-electron chi connectivity index (χ4n) is 1.81. The Kier molecular flexibility index (Phi) is 3.69. The lowest BCUT2D eigenvalue weighted by Gasteiger charge is -2.09. The van der Waals surface area contributed by atoms with Crippen molar-refractivity contribution in [1.29, 1.82) is 0 Å². The minimum Gasteiger partial charge on any atom is -0.397 e. The molecule has 0 aliphatic heterocycles. The number of nitrogens with one attached hydrogen (secondary N) is 1. The molecular weight excluding hydrogens is 266 g/mol. The molecule has 0 unspecified atom stereocenters. The third kappa shape index (κ3) is 2.61. The van der Waals surface area contributed by atoms with Crippen molar-refractivity contribution in [3.8, 4) is 0 Å². The van der Waals surface area contributed by atoms with Crippen LogP contribution < -0.4 is 11.1 Å². The van der Waals surface area contributed by atoms with Crippen LogP contribution in [0.4, 0.5) is 20.2 Å². The van der Waals surface area contributed by atoms with Crippen LogP contribution in [0.5, 0.6) is 0 Å². The number of anilines is 2. The van der Waals surface area contributed by atoms with Gasteiger partial charge in [0.25, 0.3) is 5.91 Å². The van der Waals surface area contributed by atoms with E-state index in [4.69, 9.17) is 5.73 Å². The second-order valence-corrected chi connectivity index (χ2v) is 4.30. The molecule has 20 heavy (non-hydrogen) atoms. The van der Waals surface area contributed by atoms with E-state index < -0.39 is 17.5 Å². The van der Waals surface area contributed by atoms with Crippen LogP contribution in [0.25, 0.3) is 0 Å². The van der Waals surface area contributed by atoms with E-state index in [0.717, 1.165) is 11.8 Å². The molecule has 0 fully saturated rings. The summed E-state index contributed by atoms with van der Waals surface area (Å²) >= 11 is 0. The van der Waals surface area contributed by atoms with Crippen molar-refractivity contribution < 1.29 is 13.6 Å². The van der Waals surface area contributed by atoms with Gasteiger partial charge in [0.2, 0.25) is 0 Å². The Labute approximate surface area is 114 Å². The third-order valence-corrected chi connectivity index (χ3v) is 2.85. The third-order valence-electron chi connectivity index (χ3n) is 2.85. The Morgan fingerprint density at radius 3 is 2.65 bits per heavy atom. The van der Waals surface area contributed by atoms with Crippen molar-refractivity contribution in [2.75, 3.05) is 11.1 Å². The number of hydrogen-bond acceptors (Lipinski definition) is 3. The summed E-state index contributed by atoms with van der Waals surface area (Å²) in [5.74, 6) is -2.28. The zero-order chi connectivity index (χ0) is 14.9. The molecule has 0 aliphatic rings. The molecule has 1 aromatic carbocycles. The largest absolute Gasteiger partial charge is 0.397 e. The van der Waals surface area contributed by atoms with Gasteiger partial charge in [0.15, 0.2) is 5.82 Å². The molecule has 1 heterocycles. The van der Waals surface area contributed by atoms with Gasteiger partial charge in [-0.1, -0.05) is 6.92 Å². The molecule has 2 aromatic rings. The van der Waals surface area contributed by atoms with Crippen molar-refractivity contribution in [2.24, 2.45) is 7.05 Å².